The maximum absolute atomic E-state index is 13.1. The van der Waals surface area contributed by atoms with Crippen LogP contribution in [0.5, 0.6) is 0 Å². The van der Waals surface area contributed by atoms with Gasteiger partial charge in [0.05, 0.1) is 11.6 Å². The van der Waals surface area contributed by atoms with Crippen LogP contribution in [0.4, 0.5) is 10.5 Å². The van der Waals surface area contributed by atoms with Gasteiger partial charge in [-0.3, -0.25) is 19.8 Å². The Kier molecular flexibility index (Phi) is 10.6. The van der Waals surface area contributed by atoms with Crippen molar-refractivity contribution in [1.29, 1.82) is 0 Å². The molecule has 3 aromatic rings. The van der Waals surface area contributed by atoms with Gasteiger partial charge in [-0.2, -0.15) is 0 Å². The first kappa shape index (κ1) is 31.2. The molecule has 5 rings (SSSR count). The Morgan fingerprint density at radius 3 is 2.32 bits per heavy atom. The van der Waals surface area contributed by atoms with Crippen LogP contribution in [0.1, 0.15) is 41.6 Å². The maximum Gasteiger partial charge on any atom is 0.411 e. The fourth-order valence-electron chi connectivity index (χ4n) is 6.06. The molecule has 1 atom stereocenters. The minimum absolute atomic E-state index is 0.00557. The number of piperidine rings is 2. The zero-order valence-electron chi connectivity index (χ0n) is 25.5. The zero-order chi connectivity index (χ0) is 30.9. The molecule has 0 aromatic heterocycles. The molecule has 0 radical (unpaired) electrons. The highest BCUT2D eigenvalue weighted by Crippen LogP contribution is 2.28. The molecule has 2 aliphatic rings. The van der Waals surface area contributed by atoms with Crippen molar-refractivity contribution in [2.45, 2.75) is 38.3 Å². The normalized spacial score (nSPS) is 18.0. The SMILES string of the molecule is CN(CCN1CCC(OC(=O)Nc2ccccc2-c2ccccc2)CC1)C(=O)c1ccc(CN2CCCC(C(N)=O)C2)cc1. The summed E-state index contributed by atoms with van der Waals surface area (Å²) in [5.41, 5.74) is 10.0. The predicted molar refractivity (Wildman–Crippen MR) is 172 cm³/mol. The molecule has 2 saturated heterocycles. The summed E-state index contributed by atoms with van der Waals surface area (Å²) in [4.78, 5) is 43.7. The number of hydrogen-bond acceptors (Lipinski definition) is 6. The molecule has 232 valence electrons. The molecule has 3 N–H and O–H groups in total. The first-order valence-electron chi connectivity index (χ1n) is 15.6. The van der Waals surface area contributed by atoms with Crippen LogP contribution < -0.4 is 11.1 Å². The number of likely N-dealkylation sites (N-methyl/N-ethyl adjacent to an activating group) is 1. The van der Waals surface area contributed by atoms with E-state index in [2.05, 4.69) is 15.1 Å². The maximum atomic E-state index is 13.1. The summed E-state index contributed by atoms with van der Waals surface area (Å²) in [6, 6.07) is 25.4. The molecule has 1 unspecified atom stereocenters. The summed E-state index contributed by atoms with van der Waals surface area (Å²) < 4.78 is 5.76. The van der Waals surface area contributed by atoms with Crippen LogP contribution in [-0.2, 0) is 16.1 Å². The average Bonchev–Trinajstić information content (AvgIpc) is 3.05. The lowest BCUT2D eigenvalue weighted by Gasteiger charge is -2.32. The summed E-state index contributed by atoms with van der Waals surface area (Å²) in [5, 5.41) is 2.93. The minimum Gasteiger partial charge on any atom is -0.446 e. The average molecular weight is 598 g/mol. The van der Waals surface area contributed by atoms with Crippen LogP contribution in [-0.4, -0.2) is 85.0 Å². The molecule has 3 aromatic carbocycles. The molecule has 44 heavy (non-hydrogen) atoms. The molecule has 0 aliphatic carbocycles. The first-order valence-corrected chi connectivity index (χ1v) is 15.6. The fourth-order valence-corrected chi connectivity index (χ4v) is 6.06. The molecular formula is C35H43N5O4. The van der Waals surface area contributed by atoms with E-state index in [1.807, 2.05) is 85.9 Å². The molecule has 2 aliphatic heterocycles. The molecule has 2 fully saturated rings. The number of nitrogens with one attached hydrogen (secondary N) is 1. The lowest BCUT2D eigenvalue weighted by Crippen LogP contribution is -2.42. The van der Waals surface area contributed by atoms with Crippen molar-refractivity contribution < 1.29 is 19.1 Å². The molecular weight excluding hydrogens is 554 g/mol. The van der Waals surface area contributed by atoms with Crippen molar-refractivity contribution in [3.05, 3.63) is 90.0 Å². The number of rotatable bonds is 10. The van der Waals surface area contributed by atoms with Gasteiger partial charge in [-0.1, -0.05) is 60.7 Å². The Morgan fingerprint density at radius 2 is 1.59 bits per heavy atom. The first-order chi connectivity index (χ1) is 21.4. The molecule has 2 heterocycles. The number of hydrogen-bond donors (Lipinski definition) is 2. The lowest BCUT2D eigenvalue weighted by molar-refractivity contribution is -0.123. The molecule has 0 bridgehead atoms. The summed E-state index contributed by atoms with van der Waals surface area (Å²) in [6.45, 7) is 5.39. The number of primary amides is 1. The number of nitrogens with two attached hydrogens (primary N) is 1. The molecule has 9 nitrogen and oxygen atoms in total. The van der Waals surface area contributed by atoms with E-state index < -0.39 is 6.09 Å². The summed E-state index contributed by atoms with van der Waals surface area (Å²) in [6.07, 6.45) is 2.76. The van der Waals surface area contributed by atoms with Crippen LogP contribution in [0, 0.1) is 5.92 Å². The number of amides is 3. The highest BCUT2D eigenvalue weighted by molar-refractivity contribution is 5.94. The van der Waals surface area contributed by atoms with E-state index in [4.69, 9.17) is 10.5 Å². The Labute approximate surface area is 260 Å². The molecule has 0 saturated carbocycles. The fraction of sp³-hybridized carbons (Fsp3) is 0.400. The van der Waals surface area contributed by atoms with Crippen molar-refractivity contribution in [1.82, 2.24) is 14.7 Å². The van der Waals surface area contributed by atoms with Crippen molar-refractivity contribution in [3.8, 4) is 11.1 Å². The smallest absolute Gasteiger partial charge is 0.411 e. The summed E-state index contributed by atoms with van der Waals surface area (Å²) in [7, 11) is 1.83. The van der Waals surface area contributed by atoms with Gasteiger partial charge in [-0.15, -0.1) is 0 Å². The van der Waals surface area contributed by atoms with Gasteiger partial charge in [0, 0.05) is 57.4 Å². The van der Waals surface area contributed by atoms with Gasteiger partial charge in [0.25, 0.3) is 5.91 Å². The van der Waals surface area contributed by atoms with Crippen LogP contribution in [0.25, 0.3) is 11.1 Å². The van der Waals surface area contributed by atoms with Gasteiger partial charge in [-0.05, 0) is 61.6 Å². The van der Waals surface area contributed by atoms with Gasteiger partial charge in [0.2, 0.25) is 5.91 Å². The monoisotopic (exact) mass is 597 g/mol. The number of ether oxygens (including phenoxy) is 1. The van der Waals surface area contributed by atoms with Crippen molar-refractivity contribution >= 4 is 23.6 Å². The highest BCUT2D eigenvalue weighted by atomic mass is 16.6. The number of likely N-dealkylation sites (tertiary alicyclic amines) is 2. The third kappa shape index (κ3) is 8.45. The lowest BCUT2D eigenvalue weighted by atomic mass is 9.97. The second-order valence-electron chi connectivity index (χ2n) is 11.9. The molecule has 3 amide bonds. The van der Waals surface area contributed by atoms with E-state index in [-0.39, 0.29) is 23.8 Å². The predicted octanol–water partition coefficient (Wildman–Crippen LogP) is 4.84. The van der Waals surface area contributed by atoms with Gasteiger partial charge in [0.15, 0.2) is 0 Å². The van der Waals surface area contributed by atoms with Crippen molar-refractivity contribution in [2.75, 3.05) is 51.6 Å². The number of anilines is 1. The van der Waals surface area contributed by atoms with Crippen LogP contribution in [0.2, 0.25) is 0 Å². The highest BCUT2D eigenvalue weighted by Gasteiger charge is 2.25. The van der Waals surface area contributed by atoms with E-state index in [0.717, 1.165) is 80.8 Å². The van der Waals surface area contributed by atoms with E-state index in [0.29, 0.717) is 18.7 Å². The molecule has 0 spiro atoms. The van der Waals surface area contributed by atoms with Crippen LogP contribution in [0.15, 0.2) is 78.9 Å². The Hall–Kier alpha value is -4.21. The van der Waals surface area contributed by atoms with Crippen molar-refractivity contribution in [2.24, 2.45) is 11.7 Å². The van der Waals surface area contributed by atoms with E-state index in [9.17, 15) is 14.4 Å². The van der Waals surface area contributed by atoms with E-state index in [1.165, 1.54) is 0 Å². The van der Waals surface area contributed by atoms with Crippen LogP contribution in [0.3, 0.4) is 0 Å². The Balaban J connectivity index is 1.02. The number of carbonyl (C=O) groups is 3. The van der Waals surface area contributed by atoms with Gasteiger partial charge >= 0.3 is 6.09 Å². The number of nitrogens with zero attached hydrogens (tertiary/aromatic N) is 3. The third-order valence-electron chi connectivity index (χ3n) is 8.67. The third-order valence-corrected chi connectivity index (χ3v) is 8.67. The topological polar surface area (TPSA) is 108 Å². The Bertz CT molecular complexity index is 1410. The Morgan fingerprint density at radius 1 is 0.886 bits per heavy atom. The largest absolute Gasteiger partial charge is 0.446 e. The quantitative estimate of drug-likeness (QED) is 0.347. The van der Waals surface area contributed by atoms with Gasteiger partial charge in [0.1, 0.15) is 6.10 Å². The summed E-state index contributed by atoms with van der Waals surface area (Å²) in [5.74, 6) is -0.307. The second-order valence-corrected chi connectivity index (χ2v) is 11.9. The van der Waals surface area contributed by atoms with Crippen molar-refractivity contribution in [3.63, 3.8) is 0 Å². The number of carbonyl (C=O) groups excluding carboxylic acids is 3. The standard InChI is InChI=1S/C35H43N5O4/c1-38(34(42)28-15-13-26(14-16-28)24-40-19-7-10-29(25-40)33(36)41)22-23-39-20-17-30(18-21-39)44-35(43)37-32-12-6-5-11-31(32)27-8-3-2-4-9-27/h2-6,8-9,11-16,29-30H,7,10,17-25H2,1H3,(H2,36,41)(H,37,43). The van der Waals surface area contributed by atoms with Gasteiger partial charge < -0.3 is 20.3 Å². The second kappa shape index (κ2) is 15.0. The van der Waals surface area contributed by atoms with E-state index in [1.54, 1.807) is 4.90 Å². The van der Waals surface area contributed by atoms with E-state index >= 15 is 0 Å². The summed E-state index contributed by atoms with van der Waals surface area (Å²) >= 11 is 0. The minimum atomic E-state index is -0.436. The van der Waals surface area contributed by atoms with Crippen LogP contribution >= 0.6 is 0 Å². The van der Waals surface area contributed by atoms with Gasteiger partial charge in [-0.25, -0.2) is 4.79 Å². The zero-order valence-corrected chi connectivity index (χ0v) is 25.5. The number of para-hydroxylation sites is 1. The number of benzene rings is 3. The molecule has 9 heteroatoms.